The van der Waals surface area contributed by atoms with Crippen molar-refractivity contribution in [2.24, 2.45) is 0 Å². The third-order valence-corrected chi connectivity index (χ3v) is 4.53. The molecule has 3 rings (SSSR count). The number of likely N-dealkylation sites (tertiary alicyclic amines) is 1. The quantitative estimate of drug-likeness (QED) is 0.836. The molecule has 25 heavy (non-hydrogen) atoms. The van der Waals surface area contributed by atoms with Gasteiger partial charge in [0.1, 0.15) is 17.3 Å². The van der Waals surface area contributed by atoms with Gasteiger partial charge in [0.05, 0.1) is 12.6 Å². The van der Waals surface area contributed by atoms with Gasteiger partial charge in [0.2, 0.25) is 0 Å². The number of nitrogens with one attached hydrogen (secondary N) is 1. The van der Waals surface area contributed by atoms with Crippen molar-refractivity contribution < 1.29 is 13.9 Å². The molecular formula is C20H26N2O3. The lowest BCUT2D eigenvalue weighted by Crippen LogP contribution is -2.36. The highest BCUT2D eigenvalue weighted by Gasteiger charge is 2.26. The van der Waals surface area contributed by atoms with Crippen molar-refractivity contribution >= 4 is 5.91 Å². The number of furan rings is 1. The van der Waals surface area contributed by atoms with Crippen LogP contribution in [0.15, 0.2) is 40.8 Å². The highest BCUT2D eigenvalue weighted by molar-refractivity contribution is 5.94. The van der Waals surface area contributed by atoms with Gasteiger partial charge < -0.3 is 14.5 Å². The van der Waals surface area contributed by atoms with Gasteiger partial charge in [-0.25, -0.2) is 0 Å². The molecule has 134 valence electrons. The Hall–Kier alpha value is -2.27. The Morgan fingerprint density at radius 2 is 2.08 bits per heavy atom. The smallest absolute Gasteiger partial charge is 0.251 e. The number of hydrogen-bond acceptors (Lipinski definition) is 4. The van der Waals surface area contributed by atoms with Gasteiger partial charge >= 0.3 is 0 Å². The molecule has 1 unspecified atom stereocenters. The fourth-order valence-corrected chi connectivity index (χ4v) is 3.28. The van der Waals surface area contributed by atoms with Crippen molar-refractivity contribution in [2.45, 2.75) is 32.7 Å². The normalized spacial score (nSPS) is 15.9. The van der Waals surface area contributed by atoms with Gasteiger partial charge in [-0.15, -0.1) is 0 Å². The number of hydrogen-bond donors (Lipinski definition) is 1. The van der Waals surface area contributed by atoms with Crippen LogP contribution in [-0.2, 0) is 0 Å². The molecule has 0 aliphatic carbocycles. The maximum atomic E-state index is 12.5. The molecule has 1 amide bonds. The summed E-state index contributed by atoms with van der Waals surface area (Å²) in [6, 6.07) is 11.4. The summed E-state index contributed by atoms with van der Waals surface area (Å²) in [5.41, 5.74) is 0.613. The van der Waals surface area contributed by atoms with E-state index in [1.807, 2.05) is 38.1 Å². The van der Waals surface area contributed by atoms with E-state index in [0.717, 1.165) is 24.6 Å². The molecule has 2 heterocycles. The van der Waals surface area contributed by atoms with Crippen molar-refractivity contribution in [3.63, 3.8) is 0 Å². The van der Waals surface area contributed by atoms with Crippen LogP contribution in [0.4, 0.5) is 0 Å². The summed E-state index contributed by atoms with van der Waals surface area (Å²) in [6.45, 7) is 7.08. The predicted octanol–water partition coefficient (Wildman–Crippen LogP) is 3.55. The van der Waals surface area contributed by atoms with Gasteiger partial charge in [-0.05, 0) is 70.1 Å². The number of carbonyl (C=O) groups excluding carboxylic acids is 1. The highest BCUT2D eigenvalue weighted by Crippen LogP contribution is 2.26. The average Bonchev–Trinajstić information content (AvgIpc) is 3.28. The lowest BCUT2D eigenvalue weighted by atomic mass is 10.1. The summed E-state index contributed by atoms with van der Waals surface area (Å²) in [5.74, 6) is 2.44. The second-order valence-electron chi connectivity index (χ2n) is 6.38. The SMILES string of the molecule is CCOc1cccc(C(=O)NCC(c2ccc(C)o2)N2CCCC2)c1. The van der Waals surface area contributed by atoms with E-state index in [9.17, 15) is 4.79 Å². The molecule has 0 bridgehead atoms. The highest BCUT2D eigenvalue weighted by atomic mass is 16.5. The van der Waals surface area contributed by atoms with E-state index < -0.39 is 0 Å². The first-order valence-corrected chi connectivity index (χ1v) is 8.99. The zero-order valence-electron chi connectivity index (χ0n) is 15.0. The van der Waals surface area contributed by atoms with E-state index in [2.05, 4.69) is 10.2 Å². The Labute approximate surface area is 149 Å². The maximum absolute atomic E-state index is 12.5. The minimum atomic E-state index is -0.0889. The topological polar surface area (TPSA) is 54.7 Å². The fourth-order valence-electron chi connectivity index (χ4n) is 3.28. The molecule has 1 N–H and O–H groups in total. The van der Waals surface area contributed by atoms with Crippen LogP contribution in [0.3, 0.4) is 0 Å². The van der Waals surface area contributed by atoms with Crippen molar-refractivity contribution in [1.82, 2.24) is 10.2 Å². The first-order valence-electron chi connectivity index (χ1n) is 8.99. The number of amides is 1. The summed E-state index contributed by atoms with van der Waals surface area (Å²) < 4.78 is 11.3. The number of ether oxygens (including phenoxy) is 1. The van der Waals surface area contributed by atoms with Crippen LogP contribution in [0.1, 0.15) is 47.7 Å². The van der Waals surface area contributed by atoms with Crippen LogP contribution >= 0.6 is 0 Å². The Morgan fingerprint density at radius 3 is 2.76 bits per heavy atom. The van der Waals surface area contributed by atoms with Gasteiger partial charge in [-0.3, -0.25) is 9.69 Å². The number of aryl methyl sites for hydroxylation is 1. The van der Waals surface area contributed by atoms with Gasteiger partial charge in [0, 0.05) is 12.1 Å². The molecule has 0 saturated carbocycles. The first-order chi connectivity index (χ1) is 12.2. The Morgan fingerprint density at radius 1 is 1.28 bits per heavy atom. The first kappa shape index (κ1) is 17.5. The van der Waals surface area contributed by atoms with Gasteiger partial charge in [-0.1, -0.05) is 6.07 Å². The van der Waals surface area contributed by atoms with Crippen LogP contribution in [0, 0.1) is 6.92 Å². The molecule has 1 atom stereocenters. The lowest BCUT2D eigenvalue weighted by Gasteiger charge is -2.26. The molecule has 0 radical (unpaired) electrons. The summed E-state index contributed by atoms with van der Waals surface area (Å²) >= 11 is 0. The van der Waals surface area contributed by atoms with Crippen LogP contribution in [0.25, 0.3) is 0 Å². The zero-order chi connectivity index (χ0) is 17.6. The third kappa shape index (κ3) is 4.42. The van der Waals surface area contributed by atoms with Crippen LogP contribution < -0.4 is 10.1 Å². The van der Waals surface area contributed by atoms with Gasteiger partial charge in [0.15, 0.2) is 0 Å². The van der Waals surface area contributed by atoms with Crippen LogP contribution in [0.2, 0.25) is 0 Å². The summed E-state index contributed by atoms with van der Waals surface area (Å²) in [4.78, 5) is 14.9. The second-order valence-corrected chi connectivity index (χ2v) is 6.38. The van der Waals surface area contributed by atoms with E-state index in [0.29, 0.717) is 24.5 Å². The van der Waals surface area contributed by atoms with Crippen molar-refractivity contribution in [2.75, 3.05) is 26.2 Å². The number of nitrogens with zero attached hydrogens (tertiary/aromatic N) is 1. The summed E-state index contributed by atoms with van der Waals surface area (Å²) in [5, 5.41) is 3.06. The monoisotopic (exact) mass is 342 g/mol. The van der Waals surface area contributed by atoms with E-state index in [4.69, 9.17) is 9.15 Å². The lowest BCUT2D eigenvalue weighted by molar-refractivity contribution is 0.0933. The molecule has 1 aliphatic rings. The largest absolute Gasteiger partial charge is 0.494 e. The van der Waals surface area contributed by atoms with E-state index in [1.165, 1.54) is 12.8 Å². The minimum absolute atomic E-state index is 0.0789. The van der Waals surface area contributed by atoms with E-state index in [1.54, 1.807) is 12.1 Å². The Kier molecular flexibility index (Phi) is 5.76. The second kappa shape index (κ2) is 8.21. The van der Waals surface area contributed by atoms with Gasteiger partial charge in [0.25, 0.3) is 5.91 Å². The number of rotatable bonds is 7. The predicted molar refractivity (Wildman–Crippen MR) is 96.9 cm³/mol. The molecular weight excluding hydrogens is 316 g/mol. The fraction of sp³-hybridized carbons (Fsp3) is 0.450. The van der Waals surface area contributed by atoms with E-state index in [-0.39, 0.29) is 11.9 Å². The summed E-state index contributed by atoms with van der Waals surface area (Å²) in [7, 11) is 0. The molecule has 1 aromatic carbocycles. The Balaban J connectivity index is 1.68. The zero-order valence-corrected chi connectivity index (χ0v) is 15.0. The van der Waals surface area contributed by atoms with Crippen LogP contribution in [0.5, 0.6) is 5.75 Å². The number of carbonyl (C=O) groups is 1. The minimum Gasteiger partial charge on any atom is -0.494 e. The molecule has 1 fully saturated rings. The molecule has 1 saturated heterocycles. The van der Waals surface area contributed by atoms with Gasteiger partial charge in [-0.2, -0.15) is 0 Å². The molecule has 1 aliphatic heterocycles. The van der Waals surface area contributed by atoms with Crippen molar-refractivity contribution in [1.29, 1.82) is 0 Å². The molecule has 5 heteroatoms. The van der Waals surface area contributed by atoms with Crippen LogP contribution in [-0.4, -0.2) is 37.0 Å². The average molecular weight is 342 g/mol. The van der Waals surface area contributed by atoms with Crippen molar-refractivity contribution in [3.05, 3.63) is 53.5 Å². The van der Waals surface area contributed by atoms with Crippen molar-refractivity contribution in [3.8, 4) is 5.75 Å². The Bertz CT molecular complexity index is 704. The van der Waals surface area contributed by atoms with E-state index >= 15 is 0 Å². The molecule has 2 aromatic rings. The molecule has 1 aromatic heterocycles. The molecule has 0 spiro atoms. The number of benzene rings is 1. The summed E-state index contributed by atoms with van der Waals surface area (Å²) in [6.07, 6.45) is 2.39. The molecule has 5 nitrogen and oxygen atoms in total. The standard InChI is InChI=1S/C20H26N2O3/c1-3-24-17-8-6-7-16(13-17)20(23)21-14-18(22-11-4-5-12-22)19-10-9-15(2)25-19/h6-10,13,18H,3-5,11-12,14H2,1-2H3,(H,21,23). The third-order valence-electron chi connectivity index (χ3n) is 4.53. The maximum Gasteiger partial charge on any atom is 0.251 e.